The first-order valence-corrected chi connectivity index (χ1v) is 6.11. The lowest BCUT2D eigenvalue weighted by atomic mass is 10.0. The fourth-order valence-electron chi connectivity index (χ4n) is 1.94. The molecule has 0 aliphatic heterocycles. The third-order valence-corrected chi connectivity index (χ3v) is 2.96. The first kappa shape index (κ1) is 15.9. The van der Waals surface area contributed by atoms with E-state index in [1.54, 1.807) is 12.1 Å². The zero-order chi connectivity index (χ0) is 15.3. The van der Waals surface area contributed by atoms with Gasteiger partial charge in [0.1, 0.15) is 0 Å². The molecular formula is C15H19O5-. The molecular weight excluding hydrogens is 260 g/mol. The average Bonchev–Trinajstić information content (AvgIpc) is 2.42. The van der Waals surface area contributed by atoms with E-state index < -0.39 is 0 Å². The largest absolute Gasteiger partial charge is 0.875 e. The van der Waals surface area contributed by atoms with Crippen LogP contribution in [0, 0.1) is 0 Å². The minimum atomic E-state index is -0.230. The Morgan fingerprint density at radius 2 is 1.55 bits per heavy atom. The van der Waals surface area contributed by atoms with E-state index in [2.05, 4.69) is 0 Å². The predicted molar refractivity (Wildman–Crippen MR) is 73.2 cm³/mol. The van der Waals surface area contributed by atoms with E-state index in [4.69, 9.17) is 14.2 Å². The van der Waals surface area contributed by atoms with Crippen LogP contribution in [0.4, 0.5) is 0 Å². The van der Waals surface area contributed by atoms with Crippen LogP contribution in [0.25, 0.3) is 0 Å². The molecule has 0 heterocycles. The lowest BCUT2D eigenvalue weighted by Crippen LogP contribution is -2.12. The van der Waals surface area contributed by atoms with E-state index in [-0.39, 0.29) is 23.5 Å². The number of hydrogen-bond donors (Lipinski definition) is 0. The molecule has 0 aliphatic rings. The first-order chi connectivity index (χ1) is 9.44. The molecule has 0 unspecified atom stereocenters. The van der Waals surface area contributed by atoms with Crippen LogP contribution in [0.15, 0.2) is 23.5 Å². The molecule has 1 aromatic rings. The number of carbonyl (C=O) groups is 1. The van der Waals surface area contributed by atoms with Gasteiger partial charge in [0, 0.05) is 6.42 Å². The Hall–Kier alpha value is -2.17. The summed E-state index contributed by atoms with van der Waals surface area (Å²) in [6.45, 7) is 2.77. The van der Waals surface area contributed by atoms with Gasteiger partial charge in [-0.3, -0.25) is 4.79 Å². The molecule has 0 bridgehead atoms. The molecule has 0 N–H and O–H groups in total. The van der Waals surface area contributed by atoms with Crippen molar-refractivity contribution in [2.75, 3.05) is 21.3 Å². The number of ketones is 1. The maximum absolute atomic E-state index is 11.5. The molecule has 0 saturated carbocycles. The third-order valence-electron chi connectivity index (χ3n) is 2.96. The summed E-state index contributed by atoms with van der Waals surface area (Å²) in [5.41, 5.74) is 0.999. The van der Waals surface area contributed by atoms with Gasteiger partial charge in [-0.15, -0.1) is 5.76 Å². The van der Waals surface area contributed by atoms with Crippen molar-refractivity contribution < 1.29 is 24.1 Å². The van der Waals surface area contributed by atoms with Crippen LogP contribution in [-0.4, -0.2) is 27.1 Å². The Labute approximate surface area is 118 Å². The van der Waals surface area contributed by atoms with Crippen LogP contribution in [0.1, 0.15) is 19.4 Å². The van der Waals surface area contributed by atoms with Gasteiger partial charge in [-0.25, -0.2) is 0 Å². The van der Waals surface area contributed by atoms with Crippen LogP contribution in [0.5, 0.6) is 17.2 Å². The molecule has 5 nitrogen and oxygen atoms in total. The van der Waals surface area contributed by atoms with E-state index in [1.807, 2.05) is 0 Å². The summed E-state index contributed by atoms with van der Waals surface area (Å²) in [4.78, 5) is 11.5. The summed E-state index contributed by atoms with van der Waals surface area (Å²) < 4.78 is 15.7. The number of carbonyl (C=O) groups excluding carboxylic acids is 1. The smallest absolute Gasteiger partial charge is 0.203 e. The number of Topliss-reactive ketones (excluding diaryl/α,β-unsaturated/α-hetero) is 1. The standard InChI is InChI=1S/C15H20O5/c1-9(16)12(10(2)17)6-11-7-13(18-3)15(20-5)14(8-11)19-4/h7-8,16H,6H2,1-5H3/p-1/b12-9-. The van der Waals surface area contributed by atoms with Crippen molar-refractivity contribution in [1.82, 2.24) is 0 Å². The topological polar surface area (TPSA) is 67.8 Å². The molecule has 110 valence electrons. The lowest BCUT2D eigenvalue weighted by molar-refractivity contribution is -0.303. The van der Waals surface area contributed by atoms with Crippen molar-refractivity contribution in [1.29, 1.82) is 0 Å². The number of benzene rings is 1. The monoisotopic (exact) mass is 279 g/mol. The van der Waals surface area contributed by atoms with Crippen molar-refractivity contribution in [3.8, 4) is 17.2 Å². The van der Waals surface area contributed by atoms with Gasteiger partial charge in [0.05, 0.1) is 21.3 Å². The van der Waals surface area contributed by atoms with Crippen LogP contribution in [0.2, 0.25) is 0 Å². The molecule has 0 atom stereocenters. The SMILES string of the molecule is COc1cc(C/C(C(C)=O)=C(\C)[O-])cc(OC)c1OC. The highest BCUT2D eigenvalue weighted by Crippen LogP contribution is 2.38. The summed E-state index contributed by atoms with van der Waals surface area (Å²) in [6, 6.07) is 3.46. The van der Waals surface area contributed by atoms with Crippen LogP contribution < -0.4 is 19.3 Å². The highest BCUT2D eigenvalue weighted by molar-refractivity contribution is 5.94. The van der Waals surface area contributed by atoms with E-state index in [0.717, 1.165) is 5.56 Å². The zero-order valence-electron chi connectivity index (χ0n) is 12.4. The number of methoxy groups -OCH3 is 3. The van der Waals surface area contributed by atoms with E-state index in [9.17, 15) is 9.90 Å². The van der Waals surface area contributed by atoms with Crippen molar-refractivity contribution in [3.05, 3.63) is 29.0 Å². The Morgan fingerprint density at radius 1 is 1.05 bits per heavy atom. The first-order valence-electron chi connectivity index (χ1n) is 6.11. The molecule has 1 aromatic carbocycles. The van der Waals surface area contributed by atoms with Crippen molar-refractivity contribution in [2.24, 2.45) is 0 Å². The molecule has 0 aromatic heterocycles. The third kappa shape index (κ3) is 3.44. The van der Waals surface area contributed by atoms with Gasteiger partial charge < -0.3 is 19.3 Å². The Balaban J connectivity index is 3.27. The molecule has 0 radical (unpaired) electrons. The zero-order valence-corrected chi connectivity index (χ0v) is 12.4. The molecule has 0 fully saturated rings. The Morgan fingerprint density at radius 3 is 1.85 bits per heavy atom. The van der Waals surface area contributed by atoms with Gasteiger partial charge in [0.2, 0.25) is 5.75 Å². The second-order valence-electron chi connectivity index (χ2n) is 4.30. The van der Waals surface area contributed by atoms with Gasteiger partial charge in [-0.2, -0.15) is 0 Å². The van der Waals surface area contributed by atoms with Crippen molar-refractivity contribution in [2.45, 2.75) is 20.3 Å². The molecule has 0 aliphatic carbocycles. The predicted octanol–water partition coefficient (Wildman–Crippen LogP) is 1.48. The minimum absolute atomic E-state index is 0.230. The lowest BCUT2D eigenvalue weighted by Gasteiger charge is -2.16. The van der Waals surface area contributed by atoms with Crippen molar-refractivity contribution in [3.63, 3.8) is 0 Å². The normalized spacial score (nSPS) is 11.7. The van der Waals surface area contributed by atoms with E-state index in [0.29, 0.717) is 17.2 Å². The summed E-state index contributed by atoms with van der Waals surface area (Å²) in [5.74, 6) is 1.00. The molecule has 0 saturated heterocycles. The fraction of sp³-hybridized carbons (Fsp3) is 0.400. The van der Waals surface area contributed by atoms with Gasteiger partial charge in [-0.05, 0) is 30.2 Å². The van der Waals surface area contributed by atoms with Gasteiger partial charge in [-0.1, -0.05) is 6.92 Å². The van der Waals surface area contributed by atoms with Crippen LogP contribution in [-0.2, 0) is 11.2 Å². The summed E-state index contributed by atoms with van der Waals surface area (Å²) in [6.07, 6.45) is 0.237. The summed E-state index contributed by atoms with van der Waals surface area (Å²) in [5, 5.41) is 11.5. The highest BCUT2D eigenvalue weighted by Gasteiger charge is 2.14. The van der Waals surface area contributed by atoms with E-state index in [1.165, 1.54) is 35.2 Å². The molecule has 1 rings (SSSR count). The Kier molecular flexibility index (Phi) is 5.43. The Bertz CT molecular complexity index is 502. The number of rotatable bonds is 6. The quantitative estimate of drug-likeness (QED) is 0.583. The summed E-state index contributed by atoms with van der Waals surface area (Å²) >= 11 is 0. The van der Waals surface area contributed by atoms with Gasteiger partial charge in [0.15, 0.2) is 17.3 Å². The molecule has 5 heteroatoms. The van der Waals surface area contributed by atoms with Gasteiger partial charge in [0.25, 0.3) is 0 Å². The van der Waals surface area contributed by atoms with Crippen LogP contribution in [0.3, 0.4) is 0 Å². The van der Waals surface area contributed by atoms with Crippen molar-refractivity contribution >= 4 is 5.78 Å². The molecule has 20 heavy (non-hydrogen) atoms. The highest BCUT2D eigenvalue weighted by atomic mass is 16.5. The number of ether oxygens (including phenoxy) is 3. The van der Waals surface area contributed by atoms with Crippen LogP contribution >= 0.6 is 0 Å². The van der Waals surface area contributed by atoms with Gasteiger partial charge >= 0.3 is 0 Å². The summed E-state index contributed by atoms with van der Waals surface area (Å²) in [7, 11) is 4.55. The molecule has 0 spiro atoms. The number of allylic oxidation sites excluding steroid dienone is 2. The second-order valence-corrected chi connectivity index (χ2v) is 4.30. The maximum Gasteiger partial charge on any atom is 0.203 e. The fourth-order valence-corrected chi connectivity index (χ4v) is 1.94. The molecule has 0 amide bonds. The second kappa shape index (κ2) is 6.84. The average molecular weight is 279 g/mol. The van der Waals surface area contributed by atoms with E-state index >= 15 is 0 Å². The minimum Gasteiger partial charge on any atom is -0.875 e. The maximum atomic E-state index is 11.5. The number of hydrogen-bond acceptors (Lipinski definition) is 5.